The topological polar surface area (TPSA) is 52.6 Å². The van der Waals surface area contributed by atoms with Gasteiger partial charge in [0.1, 0.15) is 6.61 Å². The molecule has 0 fully saturated rings. The molecular weight excluding hydrogens is 388 g/mol. The SMILES string of the molecule is COc1cc(CNCCCOc2ccccn2)cc(Cl)c1OCc1ccccc1. The second kappa shape index (κ2) is 11.3. The molecule has 3 aromatic rings. The predicted molar refractivity (Wildman–Crippen MR) is 115 cm³/mol. The molecule has 0 radical (unpaired) electrons. The zero-order valence-electron chi connectivity index (χ0n) is 16.4. The molecule has 2 aromatic carbocycles. The molecule has 0 aliphatic rings. The van der Waals surface area contributed by atoms with Gasteiger partial charge in [0.25, 0.3) is 0 Å². The number of halogens is 1. The highest BCUT2D eigenvalue weighted by Crippen LogP contribution is 2.37. The van der Waals surface area contributed by atoms with E-state index in [1.807, 2.05) is 60.7 Å². The highest BCUT2D eigenvalue weighted by atomic mass is 35.5. The van der Waals surface area contributed by atoms with Crippen LogP contribution in [-0.4, -0.2) is 25.2 Å². The van der Waals surface area contributed by atoms with E-state index in [9.17, 15) is 0 Å². The monoisotopic (exact) mass is 412 g/mol. The van der Waals surface area contributed by atoms with Crippen LogP contribution in [0.15, 0.2) is 66.9 Å². The second-order valence-electron chi connectivity index (χ2n) is 6.43. The van der Waals surface area contributed by atoms with Gasteiger partial charge >= 0.3 is 0 Å². The molecule has 0 aliphatic carbocycles. The Balaban J connectivity index is 1.46. The summed E-state index contributed by atoms with van der Waals surface area (Å²) in [6.45, 7) is 2.54. The van der Waals surface area contributed by atoms with Crippen LogP contribution >= 0.6 is 11.6 Å². The fourth-order valence-corrected chi connectivity index (χ4v) is 3.07. The van der Waals surface area contributed by atoms with Crippen LogP contribution in [0.1, 0.15) is 17.5 Å². The number of nitrogens with one attached hydrogen (secondary N) is 1. The fraction of sp³-hybridized carbons (Fsp3) is 0.261. The summed E-state index contributed by atoms with van der Waals surface area (Å²) in [6.07, 6.45) is 2.59. The van der Waals surface area contributed by atoms with Gasteiger partial charge in [-0.15, -0.1) is 0 Å². The highest BCUT2D eigenvalue weighted by molar-refractivity contribution is 6.32. The average molecular weight is 413 g/mol. The van der Waals surface area contributed by atoms with Gasteiger partial charge in [0, 0.05) is 18.8 Å². The van der Waals surface area contributed by atoms with E-state index in [0.717, 1.165) is 24.1 Å². The third-order valence-corrected chi connectivity index (χ3v) is 4.51. The van der Waals surface area contributed by atoms with Crippen LogP contribution < -0.4 is 19.5 Å². The van der Waals surface area contributed by atoms with Crippen LogP contribution in [0.4, 0.5) is 0 Å². The molecule has 0 aliphatic heterocycles. The summed E-state index contributed by atoms with van der Waals surface area (Å²) in [7, 11) is 1.62. The third-order valence-electron chi connectivity index (χ3n) is 4.23. The zero-order valence-corrected chi connectivity index (χ0v) is 17.2. The van der Waals surface area contributed by atoms with Gasteiger partial charge < -0.3 is 19.5 Å². The Morgan fingerprint density at radius 1 is 0.966 bits per heavy atom. The Morgan fingerprint density at radius 3 is 2.55 bits per heavy atom. The second-order valence-corrected chi connectivity index (χ2v) is 6.84. The Morgan fingerprint density at radius 2 is 1.79 bits per heavy atom. The summed E-state index contributed by atoms with van der Waals surface area (Å²) < 4.78 is 17.0. The molecule has 6 heteroatoms. The van der Waals surface area contributed by atoms with E-state index in [1.54, 1.807) is 13.3 Å². The molecule has 3 rings (SSSR count). The molecule has 0 spiro atoms. The standard InChI is InChI=1S/C23H25ClN2O3/c1-27-21-15-19(16-25-11-7-13-28-22-10-5-6-12-26-22)14-20(24)23(21)29-17-18-8-3-2-4-9-18/h2-6,8-10,12,14-15,25H,7,11,13,16-17H2,1H3. The van der Waals surface area contributed by atoms with Crippen molar-refractivity contribution in [2.24, 2.45) is 0 Å². The number of hydrogen-bond acceptors (Lipinski definition) is 5. The van der Waals surface area contributed by atoms with E-state index in [2.05, 4.69) is 10.3 Å². The predicted octanol–water partition coefficient (Wildman–Crippen LogP) is 4.88. The Labute approximate surface area is 176 Å². The number of pyridine rings is 1. The van der Waals surface area contributed by atoms with Crippen LogP contribution in [0.5, 0.6) is 17.4 Å². The molecule has 0 saturated carbocycles. The van der Waals surface area contributed by atoms with Crippen molar-refractivity contribution in [3.63, 3.8) is 0 Å². The van der Waals surface area contributed by atoms with Crippen molar-refractivity contribution in [3.05, 3.63) is 83.0 Å². The Hall–Kier alpha value is -2.76. The van der Waals surface area contributed by atoms with E-state index in [1.165, 1.54) is 0 Å². The average Bonchev–Trinajstić information content (AvgIpc) is 2.76. The lowest BCUT2D eigenvalue weighted by Crippen LogP contribution is -2.17. The summed E-state index contributed by atoms with van der Waals surface area (Å²) in [5.74, 6) is 1.84. The van der Waals surface area contributed by atoms with Crippen molar-refractivity contribution in [3.8, 4) is 17.4 Å². The molecule has 0 saturated heterocycles. The summed E-state index contributed by atoms with van der Waals surface area (Å²) in [5, 5.41) is 3.93. The van der Waals surface area contributed by atoms with Crippen LogP contribution in [0.2, 0.25) is 5.02 Å². The van der Waals surface area contributed by atoms with Gasteiger partial charge in [0.05, 0.1) is 18.7 Å². The van der Waals surface area contributed by atoms with E-state index >= 15 is 0 Å². The summed E-state index contributed by atoms with van der Waals surface area (Å²) in [6, 6.07) is 19.4. The lowest BCUT2D eigenvalue weighted by atomic mass is 10.2. The summed E-state index contributed by atoms with van der Waals surface area (Å²) >= 11 is 6.45. The van der Waals surface area contributed by atoms with Crippen molar-refractivity contribution in [2.75, 3.05) is 20.3 Å². The smallest absolute Gasteiger partial charge is 0.213 e. The molecule has 0 bridgehead atoms. The van der Waals surface area contributed by atoms with Gasteiger partial charge in [0.2, 0.25) is 5.88 Å². The van der Waals surface area contributed by atoms with Gasteiger partial charge in [-0.3, -0.25) is 0 Å². The van der Waals surface area contributed by atoms with E-state index < -0.39 is 0 Å². The number of aromatic nitrogens is 1. The van der Waals surface area contributed by atoms with Crippen LogP contribution in [0.25, 0.3) is 0 Å². The van der Waals surface area contributed by atoms with Crippen molar-refractivity contribution in [1.29, 1.82) is 0 Å². The number of ether oxygens (including phenoxy) is 3. The molecule has 1 aromatic heterocycles. The lowest BCUT2D eigenvalue weighted by Gasteiger charge is -2.15. The van der Waals surface area contributed by atoms with Gasteiger partial charge in [-0.05, 0) is 42.3 Å². The first-order chi connectivity index (χ1) is 14.3. The van der Waals surface area contributed by atoms with Crippen LogP contribution in [-0.2, 0) is 13.2 Å². The van der Waals surface area contributed by atoms with Gasteiger partial charge in [-0.2, -0.15) is 0 Å². The molecule has 1 N–H and O–H groups in total. The fourth-order valence-electron chi connectivity index (χ4n) is 2.78. The quantitative estimate of drug-likeness (QED) is 0.455. The lowest BCUT2D eigenvalue weighted by molar-refractivity contribution is 0.284. The molecule has 0 unspecified atom stereocenters. The minimum Gasteiger partial charge on any atom is -0.493 e. The minimum absolute atomic E-state index is 0.435. The zero-order chi connectivity index (χ0) is 20.3. The highest BCUT2D eigenvalue weighted by Gasteiger charge is 2.12. The normalized spacial score (nSPS) is 10.6. The van der Waals surface area contributed by atoms with Gasteiger partial charge in [-0.1, -0.05) is 48.0 Å². The molecule has 1 heterocycles. The van der Waals surface area contributed by atoms with Crippen molar-refractivity contribution in [2.45, 2.75) is 19.6 Å². The summed E-state index contributed by atoms with van der Waals surface area (Å²) in [4.78, 5) is 4.13. The number of rotatable bonds is 11. The molecule has 0 atom stereocenters. The first-order valence-corrected chi connectivity index (χ1v) is 9.91. The molecular formula is C23H25ClN2O3. The number of nitrogens with zero attached hydrogens (tertiary/aromatic N) is 1. The Bertz CT molecular complexity index is 876. The van der Waals surface area contributed by atoms with Crippen molar-refractivity contribution in [1.82, 2.24) is 10.3 Å². The molecule has 152 valence electrons. The van der Waals surface area contributed by atoms with E-state index in [0.29, 0.717) is 42.2 Å². The maximum absolute atomic E-state index is 6.45. The van der Waals surface area contributed by atoms with Gasteiger partial charge in [-0.25, -0.2) is 4.98 Å². The Kier molecular flexibility index (Phi) is 8.16. The maximum atomic E-state index is 6.45. The van der Waals surface area contributed by atoms with Gasteiger partial charge in [0.15, 0.2) is 11.5 Å². The van der Waals surface area contributed by atoms with Crippen molar-refractivity contribution >= 4 is 11.6 Å². The first-order valence-electron chi connectivity index (χ1n) is 9.54. The van der Waals surface area contributed by atoms with Crippen molar-refractivity contribution < 1.29 is 14.2 Å². The van der Waals surface area contributed by atoms with E-state index in [4.69, 9.17) is 25.8 Å². The van der Waals surface area contributed by atoms with Crippen LogP contribution in [0.3, 0.4) is 0 Å². The molecule has 5 nitrogen and oxygen atoms in total. The van der Waals surface area contributed by atoms with E-state index in [-0.39, 0.29) is 0 Å². The number of benzene rings is 2. The first kappa shape index (κ1) is 21.0. The molecule has 29 heavy (non-hydrogen) atoms. The number of methoxy groups -OCH3 is 1. The number of hydrogen-bond donors (Lipinski definition) is 1. The maximum Gasteiger partial charge on any atom is 0.213 e. The third kappa shape index (κ3) is 6.66. The summed E-state index contributed by atoms with van der Waals surface area (Å²) in [5.41, 5.74) is 2.11. The minimum atomic E-state index is 0.435. The molecule has 0 amide bonds. The van der Waals surface area contributed by atoms with Crippen LogP contribution in [0, 0.1) is 0 Å². The largest absolute Gasteiger partial charge is 0.493 e.